The molecule has 0 aromatic rings. The van der Waals surface area contributed by atoms with Crippen LogP contribution in [0, 0.1) is 23.2 Å². The summed E-state index contributed by atoms with van der Waals surface area (Å²) in [5.74, 6) is 0.789. The Balaban J connectivity index is 2.50. The molecule has 1 rings (SSSR count). The molecule has 2 unspecified atom stereocenters. The van der Waals surface area contributed by atoms with E-state index in [0.29, 0.717) is 24.5 Å². The van der Waals surface area contributed by atoms with E-state index < -0.39 is 0 Å². The van der Waals surface area contributed by atoms with E-state index in [-0.39, 0.29) is 5.92 Å². The third-order valence-electron chi connectivity index (χ3n) is 2.89. The van der Waals surface area contributed by atoms with Gasteiger partial charge in [-0.25, -0.2) is 0 Å². The molecule has 1 aliphatic rings. The van der Waals surface area contributed by atoms with Crippen molar-refractivity contribution < 1.29 is 4.79 Å². The molecule has 0 aromatic carbocycles. The molecule has 0 radical (unpaired) electrons. The van der Waals surface area contributed by atoms with Crippen LogP contribution in [0.5, 0.6) is 0 Å². The highest BCUT2D eigenvalue weighted by atomic mass is 16.1. The minimum absolute atomic E-state index is 0.123. The van der Waals surface area contributed by atoms with Gasteiger partial charge in [-0.05, 0) is 25.2 Å². The summed E-state index contributed by atoms with van der Waals surface area (Å²) >= 11 is 0. The van der Waals surface area contributed by atoms with Crippen molar-refractivity contribution in [2.75, 3.05) is 0 Å². The average Bonchev–Trinajstić information content (AvgIpc) is 2.50. The Hall–Kier alpha value is -1.10. The molecule has 0 aliphatic heterocycles. The summed E-state index contributed by atoms with van der Waals surface area (Å²) in [6, 6.07) is 2.17. The van der Waals surface area contributed by atoms with Gasteiger partial charge >= 0.3 is 0 Å². The summed E-state index contributed by atoms with van der Waals surface area (Å²) in [5, 5.41) is 8.62. The van der Waals surface area contributed by atoms with Crippen molar-refractivity contribution in [3.63, 3.8) is 0 Å². The Bertz CT molecular complexity index is 262. The van der Waals surface area contributed by atoms with Gasteiger partial charge in [0.05, 0.1) is 6.07 Å². The fourth-order valence-electron chi connectivity index (χ4n) is 2.07. The lowest BCUT2D eigenvalue weighted by molar-refractivity contribution is -0.121. The van der Waals surface area contributed by atoms with Crippen LogP contribution < -0.4 is 0 Å². The first kappa shape index (κ1) is 11.0. The molecule has 0 N–H and O–H groups in total. The smallest absolute Gasteiger partial charge is 0.136 e. The van der Waals surface area contributed by atoms with Crippen LogP contribution in [0.25, 0.3) is 0 Å². The first-order valence-corrected chi connectivity index (χ1v) is 5.34. The third kappa shape index (κ3) is 2.70. The summed E-state index contributed by atoms with van der Waals surface area (Å²) in [6.45, 7) is 2.08. The third-order valence-corrected chi connectivity index (χ3v) is 2.89. The second kappa shape index (κ2) is 5.59. The van der Waals surface area contributed by atoms with Crippen LogP contribution in [0.3, 0.4) is 0 Å². The molecule has 0 bridgehead atoms. The zero-order chi connectivity index (χ0) is 10.4. The highest BCUT2D eigenvalue weighted by molar-refractivity contribution is 5.83. The van der Waals surface area contributed by atoms with Gasteiger partial charge in [0.25, 0.3) is 0 Å². The number of allylic oxidation sites excluding steroid dienone is 2. The number of carbonyl (C=O) groups excluding carboxylic acids is 1. The Kier molecular flexibility index (Phi) is 4.39. The Morgan fingerprint density at radius 3 is 3.00 bits per heavy atom. The van der Waals surface area contributed by atoms with Crippen LogP contribution in [0.4, 0.5) is 0 Å². The standard InChI is InChI=1S/C12H17NO/c1-2-3-4-5-11-10(8-9-13)6-7-12(11)14/h3-4,10-11H,2,5-8H2,1H3/b4-3-. The minimum Gasteiger partial charge on any atom is -0.299 e. The lowest BCUT2D eigenvalue weighted by Gasteiger charge is -2.12. The monoisotopic (exact) mass is 191 g/mol. The van der Waals surface area contributed by atoms with Gasteiger partial charge in [0.15, 0.2) is 0 Å². The molecule has 2 heteroatoms. The molecule has 1 aliphatic carbocycles. The van der Waals surface area contributed by atoms with Gasteiger partial charge in [0.1, 0.15) is 5.78 Å². The van der Waals surface area contributed by atoms with E-state index in [2.05, 4.69) is 25.1 Å². The zero-order valence-corrected chi connectivity index (χ0v) is 8.70. The Morgan fingerprint density at radius 1 is 1.57 bits per heavy atom. The highest BCUT2D eigenvalue weighted by Crippen LogP contribution is 2.33. The van der Waals surface area contributed by atoms with E-state index in [0.717, 1.165) is 19.3 Å². The average molecular weight is 191 g/mol. The van der Waals surface area contributed by atoms with Gasteiger partial charge in [-0.1, -0.05) is 19.1 Å². The lowest BCUT2D eigenvalue weighted by Crippen LogP contribution is -2.13. The van der Waals surface area contributed by atoms with Crippen molar-refractivity contribution in [1.29, 1.82) is 5.26 Å². The van der Waals surface area contributed by atoms with E-state index in [9.17, 15) is 4.79 Å². The largest absolute Gasteiger partial charge is 0.299 e. The van der Waals surface area contributed by atoms with Crippen molar-refractivity contribution in [3.05, 3.63) is 12.2 Å². The summed E-state index contributed by atoms with van der Waals surface area (Å²) in [6.07, 6.45) is 8.15. The summed E-state index contributed by atoms with van der Waals surface area (Å²) in [7, 11) is 0. The van der Waals surface area contributed by atoms with Crippen molar-refractivity contribution >= 4 is 5.78 Å². The first-order valence-electron chi connectivity index (χ1n) is 5.34. The SMILES string of the molecule is CC/C=C\CC1C(=O)CCC1CC#N. The number of hydrogen-bond acceptors (Lipinski definition) is 2. The quantitative estimate of drug-likeness (QED) is 0.641. The molecular weight excluding hydrogens is 174 g/mol. The Labute approximate surface area is 85.6 Å². The number of Topliss-reactive ketones (excluding diaryl/α,β-unsaturated/α-hetero) is 1. The summed E-state index contributed by atoms with van der Waals surface area (Å²) in [5.41, 5.74) is 0. The highest BCUT2D eigenvalue weighted by Gasteiger charge is 2.33. The number of nitriles is 1. The second-order valence-corrected chi connectivity index (χ2v) is 3.85. The fraction of sp³-hybridized carbons (Fsp3) is 0.667. The number of nitrogens with zero attached hydrogens (tertiary/aromatic N) is 1. The van der Waals surface area contributed by atoms with Gasteiger partial charge in [0.2, 0.25) is 0 Å². The molecule has 1 saturated carbocycles. The van der Waals surface area contributed by atoms with E-state index in [1.54, 1.807) is 0 Å². The predicted octanol–water partition coefficient (Wildman–Crippen LogP) is 2.85. The molecule has 0 saturated heterocycles. The van der Waals surface area contributed by atoms with E-state index in [4.69, 9.17) is 5.26 Å². The second-order valence-electron chi connectivity index (χ2n) is 3.85. The number of rotatable bonds is 4. The maximum absolute atomic E-state index is 11.5. The topological polar surface area (TPSA) is 40.9 Å². The van der Waals surface area contributed by atoms with Gasteiger partial charge in [0, 0.05) is 18.8 Å². The van der Waals surface area contributed by atoms with Crippen LogP contribution in [0.1, 0.15) is 39.0 Å². The van der Waals surface area contributed by atoms with E-state index in [1.807, 2.05) is 0 Å². The summed E-state index contributed by atoms with van der Waals surface area (Å²) < 4.78 is 0. The maximum Gasteiger partial charge on any atom is 0.136 e. The molecule has 0 spiro atoms. The molecule has 0 heterocycles. The fourth-order valence-corrected chi connectivity index (χ4v) is 2.07. The van der Waals surface area contributed by atoms with Gasteiger partial charge < -0.3 is 0 Å². The van der Waals surface area contributed by atoms with Gasteiger partial charge in [-0.2, -0.15) is 5.26 Å². The zero-order valence-electron chi connectivity index (χ0n) is 8.70. The van der Waals surface area contributed by atoms with Crippen molar-refractivity contribution in [1.82, 2.24) is 0 Å². The molecule has 2 atom stereocenters. The number of carbonyl (C=O) groups is 1. The van der Waals surface area contributed by atoms with E-state index >= 15 is 0 Å². The van der Waals surface area contributed by atoms with E-state index in [1.165, 1.54) is 0 Å². The molecule has 14 heavy (non-hydrogen) atoms. The molecule has 76 valence electrons. The Morgan fingerprint density at radius 2 is 2.36 bits per heavy atom. The van der Waals surface area contributed by atoms with Crippen molar-refractivity contribution in [2.45, 2.75) is 39.0 Å². The maximum atomic E-state index is 11.5. The molecule has 0 amide bonds. The van der Waals surface area contributed by atoms with Crippen LogP contribution >= 0.6 is 0 Å². The van der Waals surface area contributed by atoms with Crippen LogP contribution in [0.15, 0.2) is 12.2 Å². The van der Waals surface area contributed by atoms with Crippen molar-refractivity contribution in [3.8, 4) is 6.07 Å². The normalized spacial score (nSPS) is 27.0. The number of ketones is 1. The molecular formula is C12H17NO. The molecule has 0 aromatic heterocycles. The van der Waals surface area contributed by atoms with Crippen LogP contribution in [-0.2, 0) is 4.79 Å². The number of hydrogen-bond donors (Lipinski definition) is 0. The molecule has 2 nitrogen and oxygen atoms in total. The first-order chi connectivity index (χ1) is 6.79. The van der Waals surface area contributed by atoms with Gasteiger partial charge in [-0.3, -0.25) is 4.79 Å². The van der Waals surface area contributed by atoms with Crippen LogP contribution in [0.2, 0.25) is 0 Å². The van der Waals surface area contributed by atoms with Gasteiger partial charge in [-0.15, -0.1) is 0 Å². The summed E-state index contributed by atoms with van der Waals surface area (Å²) in [4.78, 5) is 11.5. The van der Waals surface area contributed by atoms with Crippen LogP contribution in [-0.4, -0.2) is 5.78 Å². The lowest BCUT2D eigenvalue weighted by atomic mass is 9.90. The minimum atomic E-state index is 0.123. The predicted molar refractivity (Wildman–Crippen MR) is 55.5 cm³/mol. The van der Waals surface area contributed by atoms with Crippen molar-refractivity contribution in [2.24, 2.45) is 11.8 Å². The molecule has 1 fully saturated rings.